The Hall–Kier alpha value is -0.300. The van der Waals surface area contributed by atoms with E-state index in [1.54, 1.807) is 0 Å². The molecule has 0 heterocycles. The van der Waals surface area contributed by atoms with Gasteiger partial charge in [0.2, 0.25) is 0 Å². The fourth-order valence-corrected chi connectivity index (χ4v) is 2.42. The minimum Gasteiger partial charge on any atom is -0.308 e. The quantitative estimate of drug-likeness (QED) is 0.678. The summed E-state index contributed by atoms with van der Waals surface area (Å²) in [4.78, 5) is 0. The number of hydrogen-bond donors (Lipinski definition) is 1. The normalized spacial score (nSPS) is 30.3. The zero-order valence-electron chi connectivity index (χ0n) is 9.92. The van der Waals surface area contributed by atoms with E-state index >= 15 is 0 Å². The van der Waals surface area contributed by atoms with Gasteiger partial charge in [0.15, 0.2) is 0 Å². The summed E-state index contributed by atoms with van der Waals surface area (Å²) in [5, 5.41) is 3.64. The maximum atomic E-state index is 3.82. The molecule has 1 rings (SSSR count). The maximum Gasteiger partial charge on any atom is 0.0221 e. The van der Waals surface area contributed by atoms with Crippen LogP contribution in [0, 0.1) is 11.8 Å². The van der Waals surface area contributed by atoms with Crippen LogP contribution >= 0.6 is 0 Å². The molecule has 0 aliphatic heterocycles. The van der Waals surface area contributed by atoms with Crippen LogP contribution in [0.25, 0.3) is 0 Å². The highest BCUT2D eigenvalue weighted by molar-refractivity contribution is 4.87. The first-order valence-corrected chi connectivity index (χ1v) is 6.02. The molecule has 0 aromatic carbocycles. The number of hydrogen-bond acceptors (Lipinski definition) is 1. The smallest absolute Gasteiger partial charge is 0.0221 e. The minimum absolute atomic E-state index is 0.464. The van der Waals surface area contributed by atoms with Crippen molar-refractivity contribution in [2.24, 2.45) is 11.8 Å². The lowest BCUT2D eigenvalue weighted by Crippen LogP contribution is -2.39. The highest BCUT2D eigenvalue weighted by atomic mass is 14.9. The average Bonchev–Trinajstić information content (AvgIpc) is 2.18. The Morgan fingerprint density at radius 1 is 1.29 bits per heavy atom. The van der Waals surface area contributed by atoms with Crippen LogP contribution in [-0.2, 0) is 0 Å². The molecule has 0 radical (unpaired) electrons. The van der Waals surface area contributed by atoms with Crippen LogP contribution in [0.2, 0.25) is 0 Å². The molecule has 0 amide bonds. The second-order valence-electron chi connectivity index (χ2n) is 5.06. The van der Waals surface area contributed by atoms with Crippen LogP contribution in [-0.4, -0.2) is 12.1 Å². The average molecular weight is 195 g/mol. The predicted octanol–water partition coefficient (Wildman–Crippen LogP) is 3.37. The van der Waals surface area contributed by atoms with Crippen LogP contribution in [0.4, 0.5) is 0 Å². The number of rotatable bonds is 4. The fraction of sp³-hybridized carbons (Fsp3) is 0.846. The van der Waals surface area contributed by atoms with Gasteiger partial charge in [0.25, 0.3) is 0 Å². The van der Waals surface area contributed by atoms with Crippen molar-refractivity contribution in [3.05, 3.63) is 12.7 Å². The molecule has 3 atom stereocenters. The topological polar surface area (TPSA) is 12.0 Å². The van der Waals surface area contributed by atoms with Gasteiger partial charge in [-0.3, -0.25) is 0 Å². The van der Waals surface area contributed by atoms with Gasteiger partial charge in [-0.25, -0.2) is 0 Å². The lowest BCUT2D eigenvalue weighted by molar-refractivity contribution is 0.227. The molecular weight excluding hydrogens is 170 g/mol. The molecule has 0 aromatic rings. The first-order valence-electron chi connectivity index (χ1n) is 6.02. The summed E-state index contributed by atoms with van der Waals surface area (Å²) in [6.07, 6.45) is 7.53. The van der Waals surface area contributed by atoms with Crippen molar-refractivity contribution in [2.75, 3.05) is 0 Å². The summed E-state index contributed by atoms with van der Waals surface area (Å²) in [6, 6.07) is 1.19. The molecule has 82 valence electrons. The van der Waals surface area contributed by atoms with Crippen molar-refractivity contribution in [3.8, 4) is 0 Å². The van der Waals surface area contributed by atoms with E-state index in [9.17, 15) is 0 Å². The molecule has 14 heavy (non-hydrogen) atoms. The highest BCUT2D eigenvalue weighted by Gasteiger charge is 2.24. The van der Waals surface area contributed by atoms with Crippen molar-refractivity contribution in [2.45, 2.75) is 58.5 Å². The highest BCUT2D eigenvalue weighted by Crippen LogP contribution is 2.30. The lowest BCUT2D eigenvalue weighted by atomic mass is 9.79. The Bertz CT molecular complexity index is 174. The molecule has 0 spiro atoms. The van der Waals surface area contributed by atoms with Crippen molar-refractivity contribution in [1.29, 1.82) is 0 Å². The van der Waals surface area contributed by atoms with Gasteiger partial charge in [0.1, 0.15) is 0 Å². The summed E-state index contributed by atoms with van der Waals surface area (Å²) < 4.78 is 0. The molecular formula is C13H25N. The van der Waals surface area contributed by atoms with E-state index in [1.165, 1.54) is 25.7 Å². The van der Waals surface area contributed by atoms with Crippen molar-refractivity contribution in [3.63, 3.8) is 0 Å². The Labute approximate surface area is 89.0 Å². The zero-order valence-corrected chi connectivity index (χ0v) is 9.92. The van der Waals surface area contributed by atoms with Gasteiger partial charge in [0.05, 0.1) is 0 Å². The van der Waals surface area contributed by atoms with Crippen molar-refractivity contribution >= 4 is 0 Å². The van der Waals surface area contributed by atoms with E-state index in [0.717, 1.165) is 17.9 Å². The van der Waals surface area contributed by atoms with E-state index in [-0.39, 0.29) is 0 Å². The third-order valence-electron chi connectivity index (χ3n) is 3.51. The summed E-state index contributed by atoms with van der Waals surface area (Å²) in [6.45, 7) is 10.7. The second kappa shape index (κ2) is 5.55. The van der Waals surface area contributed by atoms with Crippen LogP contribution in [0.5, 0.6) is 0 Å². The van der Waals surface area contributed by atoms with E-state index < -0.39 is 0 Å². The summed E-state index contributed by atoms with van der Waals surface area (Å²) in [7, 11) is 0. The van der Waals surface area contributed by atoms with E-state index in [2.05, 4.69) is 32.7 Å². The maximum absolute atomic E-state index is 3.82. The SMILES string of the molecule is C=CC(C)NC1CCCC(C(C)C)C1. The first kappa shape index (κ1) is 11.8. The van der Waals surface area contributed by atoms with Gasteiger partial charge in [-0.1, -0.05) is 32.8 Å². The Kier molecular flexibility index (Phi) is 4.67. The minimum atomic E-state index is 0.464. The molecule has 0 aromatic heterocycles. The summed E-state index contributed by atoms with van der Waals surface area (Å²) >= 11 is 0. The van der Waals surface area contributed by atoms with Gasteiger partial charge in [-0.15, -0.1) is 6.58 Å². The standard InChI is InChI=1S/C13H25N/c1-5-11(4)14-13-8-6-7-12(9-13)10(2)3/h5,10-14H,1,6-9H2,2-4H3. The zero-order chi connectivity index (χ0) is 10.6. The third-order valence-corrected chi connectivity index (χ3v) is 3.51. The van der Waals surface area contributed by atoms with Crippen molar-refractivity contribution < 1.29 is 0 Å². The molecule has 0 saturated heterocycles. The Morgan fingerprint density at radius 3 is 2.57 bits per heavy atom. The monoisotopic (exact) mass is 195 g/mol. The first-order chi connectivity index (χ1) is 6.63. The van der Waals surface area contributed by atoms with E-state index in [4.69, 9.17) is 0 Å². The van der Waals surface area contributed by atoms with E-state index in [0.29, 0.717) is 6.04 Å². The van der Waals surface area contributed by atoms with Crippen LogP contribution in [0.1, 0.15) is 46.5 Å². The van der Waals surface area contributed by atoms with Gasteiger partial charge >= 0.3 is 0 Å². The molecule has 1 aliphatic rings. The molecule has 1 aliphatic carbocycles. The fourth-order valence-electron chi connectivity index (χ4n) is 2.42. The van der Waals surface area contributed by atoms with Gasteiger partial charge in [-0.2, -0.15) is 0 Å². The lowest BCUT2D eigenvalue weighted by Gasteiger charge is -2.33. The van der Waals surface area contributed by atoms with E-state index in [1.807, 2.05) is 6.08 Å². The van der Waals surface area contributed by atoms with Crippen LogP contribution in [0.15, 0.2) is 12.7 Å². The van der Waals surface area contributed by atoms with Crippen molar-refractivity contribution in [1.82, 2.24) is 5.32 Å². The number of nitrogens with one attached hydrogen (secondary N) is 1. The molecule has 3 unspecified atom stereocenters. The van der Waals surface area contributed by atoms with Gasteiger partial charge < -0.3 is 5.32 Å². The van der Waals surface area contributed by atoms with Crippen LogP contribution in [0.3, 0.4) is 0 Å². The largest absolute Gasteiger partial charge is 0.308 e. The molecule has 1 heteroatoms. The predicted molar refractivity (Wildman–Crippen MR) is 63.4 cm³/mol. The third kappa shape index (κ3) is 3.45. The van der Waals surface area contributed by atoms with Gasteiger partial charge in [-0.05, 0) is 31.6 Å². The molecule has 1 N–H and O–H groups in total. The Balaban J connectivity index is 2.36. The second-order valence-corrected chi connectivity index (χ2v) is 5.06. The van der Waals surface area contributed by atoms with Gasteiger partial charge in [0, 0.05) is 12.1 Å². The molecule has 0 bridgehead atoms. The Morgan fingerprint density at radius 2 is 2.00 bits per heavy atom. The molecule has 1 saturated carbocycles. The van der Waals surface area contributed by atoms with Crippen LogP contribution < -0.4 is 5.32 Å². The molecule has 1 fully saturated rings. The summed E-state index contributed by atoms with van der Waals surface area (Å²) in [5.74, 6) is 1.77. The summed E-state index contributed by atoms with van der Waals surface area (Å²) in [5.41, 5.74) is 0. The molecule has 1 nitrogen and oxygen atoms in total.